The van der Waals surface area contributed by atoms with Crippen LogP contribution in [0.25, 0.3) is 0 Å². The fraction of sp³-hybridized carbons (Fsp3) is 0.294. The van der Waals surface area contributed by atoms with Crippen LogP contribution in [0.4, 0.5) is 5.69 Å². The van der Waals surface area contributed by atoms with Gasteiger partial charge in [-0.2, -0.15) is 0 Å². The van der Waals surface area contributed by atoms with E-state index in [1.165, 1.54) is 5.69 Å². The van der Waals surface area contributed by atoms with Gasteiger partial charge in [0.05, 0.1) is 0 Å². The summed E-state index contributed by atoms with van der Waals surface area (Å²) in [5.74, 6) is 0.298. The summed E-state index contributed by atoms with van der Waals surface area (Å²) < 4.78 is 0. The van der Waals surface area contributed by atoms with Gasteiger partial charge in [0.1, 0.15) is 5.75 Å². The molecule has 2 aromatic carbocycles. The number of anilines is 1. The molecule has 0 saturated carbocycles. The molecule has 0 aliphatic rings. The molecule has 0 radical (unpaired) electrons. The smallest absolute Gasteiger partial charge is 0.120 e. The molecule has 0 bridgehead atoms. The maximum Gasteiger partial charge on any atom is 0.120 e. The van der Waals surface area contributed by atoms with Crippen molar-refractivity contribution in [1.82, 2.24) is 0 Å². The minimum atomic E-state index is 0.298. The summed E-state index contributed by atoms with van der Waals surface area (Å²) >= 11 is 6.02. The Balaban J connectivity index is 2.21. The molecule has 0 saturated heterocycles. The van der Waals surface area contributed by atoms with Crippen molar-refractivity contribution in [3.8, 4) is 5.75 Å². The zero-order valence-electron chi connectivity index (χ0n) is 11.7. The van der Waals surface area contributed by atoms with Crippen molar-refractivity contribution < 1.29 is 5.11 Å². The molecule has 20 heavy (non-hydrogen) atoms. The highest BCUT2D eigenvalue weighted by Gasteiger charge is 2.10. The topological polar surface area (TPSA) is 23.5 Å². The number of rotatable bonds is 6. The molecular weight excluding hydrogens is 270 g/mol. The largest absolute Gasteiger partial charge is 0.508 e. The first kappa shape index (κ1) is 14.7. The van der Waals surface area contributed by atoms with Crippen LogP contribution < -0.4 is 4.90 Å². The monoisotopic (exact) mass is 289 g/mol. The van der Waals surface area contributed by atoms with Crippen LogP contribution in [0.15, 0.2) is 48.5 Å². The van der Waals surface area contributed by atoms with Crippen molar-refractivity contribution in [2.24, 2.45) is 0 Å². The third kappa shape index (κ3) is 3.91. The van der Waals surface area contributed by atoms with Crippen LogP contribution in [0.5, 0.6) is 5.75 Å². The maximum absolute atomic E-state index is 9.97. The molecule has 0 atom stereocenters. The number of para-hydroxylation sites is 1. The molecule has 0 amide bonds. The molecule has 106 valence electrons. The second-order valence-electron chi connectivity index (χ2n) is 4.88. The molecule has 2 nitrogen and oxygen atoms in total. The summed E-state index contributed by atoms with van der Waals surface area (Å²) in [5.41, 5.74) is 2.03. The van der Waals surface area contributed by atoms with Gasteiger partial charge in [-0.3, -0.25) is 0 Å². The van der Waals surface area contributed by atoms with Gasteiger partial charge in [-0.25, -0.2) is 0 Å². The second kappa shape index (κ2) is 7.20. The van der Waals surface area contributed by atoms with Crippen LogP contribution in [0.3, 0.4) is 0 Å². The Morgan fingerprint density at radius 1 is 1.10 bits per heavy atom. The number of nitrogens with zero attached hydrogens (tertiary/aromatic N) is 1. The maximum atomic E-state index is 9.97. The van der Waals surface area contributed by atoms with E-state index in [0.717, 1.165) is 24.9 Å². The zero-order valence-corrected chi connectivity index (χ0v) is 12.5. The summed E-state index contributed by atoms with van der Waals surface area (Å²) in [6, 6.07) is 15.5. The number of halogens is 1. The van der Waals surface area contributed by atoms with Gasteiger partial charge in [-0.1, -0.05) is 43.1 Å². The number of hydrogen-bond donors (Lipinski definition) is 1. The van der Waals surface area contributed by atoms with E-state index in [2.05, 4.69) is 24.0 Å². The van der Waals surface area contributed by atoms with Gasteiger partial charge in [0, 0.05) is 29.4 Å². The molecule has 0 aliphatic carbocycles. The van der Waals surface area contributed by atoms with Crippen LogP contribution in [0, 0.1) is 0 Å². The van der Waals surface area contributed by atoms with Crippen LogP contribution in [0.2, 0.25) is 5.02 Å². The van der Waals surface area contributed by atoms with Gasteiger partial charge in [0.25, 0.3) is 0 Å². The molecule has 1 N–H and O–H groups in total. The van der Waals surface area contributed by atoms with Gasteiger partial charge < -0.3 is 10.0 Å². The first-order valence-electron chi connectivity index (χ1n) is 6.98. The second-order valence-corrected chi connectivity index (χ2v) is 5.32. The Labute approximate surface area is 125 Å². The van der Waals surface area contributed by atoms with E-state index < -0.39 is 0 Å². The molecule has 0 aliphatic heterocycles. The van der Waals surface area contributed by atoms with Crippen LogP contribution in [-0.4, -0.2) is 11.7 Å². The van der Waals surface area contributed by atoms with E-state index in [0.29, 0.717) is 17.3 Å². The Bertz CT molecular complexity index is 542. The van der Waals surface area contributed by atoms with Crippen molar-refractivity contribution in [3.05, 3.63) is 59.1 Å². The molecule has 0 aromatic heterocycles. The molecular formula is C17H20ClNO. The van der Waals surface area contributed by atoms with Crippen molar-refractivity contribution in [2.75, 3.05) is 11.4 Å². The van der Waals surface area contributed by atoms with Gasteiger partial charge >= 0.3 is 0 Å². The summed E-state index contributed by atoms with van der Waals surface area (Å²) in [6.07, 6.45) is 2.26. The molecule has 2 rings (SSSR count). The van der Waals surface area contributed by atoms with Gasteiger partial charge in [0.2, 0.25) is 0 Å². The predicted molar refractivity (Wildman–Crippen MR) is 85.5 cm³/mol. The van der Waals surface area contributed by atoms with E-state index in [9.17, 15) is 5.11 Å². The lowest BCUT2D eigenvalue weighted by atomic mass is 10.1. The van der Waals surface area contributed by atoms with Gasteiger partial charge in [-0.05, 0) is 36.8 Å². The number of unbranched alkanes of at least 4 members (excludes halogenated alkanes) is 1. The number of aromatic hydroxyl groups is 1. The zero-order chi connectivity index (χ0) is 14.4. The van der Waals surface area contributed by atoms with Crippen molar-refractivity contribution in [1.29, 1.82) is 0 Å². The predicted octanol–water partition coefficient (Wildman–Crippen LogP) is 4.85. The first-order chi connectivity index (χ1) is 9.70. The quantitative estimate of drug-likeness (QED) is 0.821. The Kier molecular flexibility index (Phi) is 5.31. The molecule has 3 heteroatoms. The fourth-order valence-corrected chi connectivity index (χ4v) is 2.37. The lowest BCUT2D eigenvalue weighted by molar-refractivity contribution is 0.467. The first-order valence-corrected chi connectivity index (χ1v) is 7.36. The van der Waals surface area contributed by atoms with Gasteiger partial charge in [-0.15, -0.1) is 0 Å². The normalized spacial score (nSPS) is 10.5. The third-order valence-electron chi connectivity index (χ3n) is 3.31. The van der Waals surface area contributed by atoms with E-state index in [4.69, 9.17) is 11.6 Å². The Morgan fingerprint density at radius 3 is 2.55 bits per heavy atom. The van der Waals surface area contributed by atoms with Crippen LogP contribution in [0.1, 0.15) is 25.3 Å². The minimum absolute atomic E-state index is 0.298. The van der Waals surface area contributed by atoms with Crippen LogP contribution in [-0.2, 0) is 6.54 Å². The molecule has 0 spiro atoms. The molecule has 2 aromatic rings. The van der Waals surface area contributed by atoms with Crippen LogP contribution >= 0.6 is 11.6 Å². The average Bonchev–Trinajstić information content (AvgIpc) is 2.48. The lowest BCUT2D eigenvalue weighted by Gasteiger charge is -2.25. The van der Waals surface area contributed by atoms with E-state index in [-0.39, 0.29) is 0 Å². The van der Waals surface area contributed by atoms with E-state index >= 15 is 0 Å². The standard InChI is InChI=1S/C17H20ClNO/c1-2-3-11-19(16-7-5-4-6-8-16)13-14-12-15(18)9-10-17(14)20/h4-10,12,20H,2-3,11,13H2,1H3. The van der Waals surface area contributed by atoms with E-state index in [1.54, 1.807) is 12.1 Å². The minimum Gasteiger partial charge on any atom is -0.508 e. The van der Waals surface area contributed by atoms with Crippen molar-refractivity contribution in [2.45, 2.75) is 26.3 Å². The highest BCUT2D eigenvalue weighted by atomic mass is 35.5. The SMILES string of the molecule is CCCCN(Cc1cc(Cl)ccc1O)c1ccccc1. The number of phenols is 1. The third-order valence-corrected chi connectivity index (χ3v) is 3.54. The summed E-state index contributed by atoms with van der Waals surface area (Å²) in [7, 11) is 0. The summed E-state index contributed by atoms with van der Waals surface area (Å²) in [4.78, 5) is 2.27. The number of benzene rings is 2. The summed E-state index contributed by atoms with van der Waals surface area (Å²) in [5, 5.41) is 10.6. The Hall–Kier alpha value is -1.67. The van der Waals surface area contributed by atoms with E-state index in [1.807, 2.05) is 24.3 Å². The number of phenolic OH excluding ortho intramolecular Hbond substituents is 1. The molecule has 0 fully saturated rings. The van der Waals surface area contributed by atoms with Crippen molar-refractivity contribution >= 4 is 17.3 Å². The molecule has 0 heterocycles. The lowest BCUT2D eigenvalue weighted by Crippen LogP contribution is -2.23. The summed E-state index contributed by atoms with van der Waals surface area (Å²) in [6.45, 7) is 3.81. The molecule has 0 unspecified atom stereocenters. The highest BCUT2D eigenvalue weighted by molar-refractivity contribution is 6.30. The van der Waals surface area contributed by atoms with Gasteiger partial charge in [0.15, 0.2) is 0 Å². The average molecular weight is 290 g/mol. The fourth-order valence-electron chi connectivity index (χ4n) is 2.17. The highest BCUT2D eigenvalue weighted by Crippen LogP contribution is 2.25. The number of hydrogen-bond acceptors (Lipinski definition) is 2. The van der Waals surface area contributed by atoms with Crippen molar-refractivity contribution in [3.63, 3.8) is 0 Å². The Morgan fingerprint density at radius 2 is 1.85 bits per heavy atom.